The first-order chi connectivity index (χ1) is 9.80. The average molecular weight is 300 g/mol. The first-order valence-electron chi connectivity index (χ1n) is 6.39. The van der Waals surface area contributed by atoms with Crippen LogP contribution in [0.5, 0.6) is 5.75 Å². The summed E-state index contributed by atoms with van der Waals surface area (Å²) >= 11 is 0. The van der Waals surface area contributed by atoms with Crippen molar-refractivity contribution in [2.45, 2.75) is 31.7 Å². The molecular weight excluding hydrogens is 283 g/mol. The molecule has 116 valence electrons. The molecule has 1 aromatic carbocycles. The number of nitro groups is 1. The van der Waals surface area contributed by atoms with Crippen molar-refractivity contribution in [2.75, 3.05) is 6.61 Å². The van der Waals surface area contributed by atoms with Gasteiger partial charge in [-0.05, 0) is 25.3 Å². The van der Waals surface area contributed by atoms with Crippen molar-refractivity contribution in [3.63, 3.8) is 0 Å². The number of carboxylic acids is 1. The molecule has 0 aliphatic heterocycles. The monoisotopic (exact) mass is 300 g/mol. The van der Waals surface area contributed by atoms with Gasteiger partial charge in [0.05, 0.1) is 11.5 Å². The number of nitro benzene ring substituents is 1. The van der Waals surface area contributed by atoms with Crippen LogP contribution in [0.25, 0.3) is 0 Å². The number of carboxylic acid groups (broad SMARTS) is 1. The summed E-state index contributed by atoms with van der Waals surface area (Å²) in [6, 6.07) is 3.22. The van der Waals surface area contributed by atoms with Crippen molar-refractivity contribution in [1.82, 2.24) is 0 Å². The second-order valence-corrected chi connectivity index (χ2v) is 4.64. The molecule has 0 spiro atoms. The summed E-state index contributed by atoms with van der Waals surface area (Å²) in [5.41, 5.74) is 3.78. The number of nitrogens with two attached hydrogens (primary N) is 1. The van der Waals surface area contributed by atoms with Crippen LogP contribution in [0.15, 0.2) is 18.2 Å². The van der Waals surface area contributed by atoms with Gasteiger partial charge in [0.25, 0.3) is 0 Å². The Morgan fingerprint density at radius 1 is 1.57 bits per heavy atom. The lowest BCUT2D eigenvalue weighted by atomic mass is 9.92. The second-order valence-electron chi connectivity index (χ2n) is 4.64. The van der Waals surface area contributed by atoms with Crippen LogP contribution in [0, 0.1) is 15.9 Å². The maximum Gasteiger partial charge on any atom is 0.323 e. The minimum Gasteiger partial charge on any atom is -0.493 e. The van der Waals surface area contributed by atoms with Crippen LogP contribution >= 0.6 is 0 Å². The molecule has 0 saturated carbocycles. The summed E-state index contributed by atoms with van der Waals surface area (Å²) in [6.07, 6.45) is 0.873. The molecule has 0 amide bonds. The van der Waals surface area contributed by atoms with Crippen LogP contribution in [-0.4, -0.2) is 28.1 Å². The molecular formula is C13H17FN2O5. The number of ether oxygens (including phenoxy) is 1. The van der Waals surface area contributed by atoms with Gasteiger partial charge in [-0.15, -0.1) is 0 Å². The second kappa shape index (κ2) is 6.98. The average Bonchev–Trinajstić information content (AvgIpc) is 2.42. The van der Waals surface area contributed by atoms with Gasteiger partial charge in [0, 0.05) is 12.1 Å². The summed E-state index contributed by atoms with van der Waals surface area (Å²) in [6.45, 7) is 1.82. The molecule has 0 bridgehead atoms. The number of aliphatic carboxylic acids is 1. The van der Waals surface area contributed by atoms with Gasteiger partial charge in [0.15, 0.2) is 0 Å². The van der Waals surface area contributed by atoms with Gasteiger partial charge in [-0.25, -0.2) is 0 Å². The lowest BCUT2D eigenvalue weighted by Crippen LogP contribution is -2.47. The highest BCUT2D eigenvalue weighted by Crippen LogP contribution is 2.23. The molecule has 8 heteroatoms. The van der Waals surface area contributed by atoms with Crippen molar-refractivity contribution >= 4 is 11.7 Å². The fraction of sp³-hybridized carbons (Fsp3) is 0.462. The molecule has 21 heavy (non-hydrogen) atoms. The van der Waals surface area contributed by atoms with E-state index in [-0.39, 0.29) is 25.2 Å². The molecule has 1 rings (SSSR count). The smallest absolute Gasteiger partial charge is 0.323 e. The summed E-state index contributed by atoms with van der Waals surface area (Å²) in [7, 11) is 0. The summed E-state index contributed by atoms with van der Waals surface area (Å²) in [4.78, 5) is 20.6. The van der Waals surface area contributed by atoms with Crippen molar-refractivity contribution in [1.29, 1.82) is 0 Å². The van der Waals surface area contributed by atoms with E-state index in [1.807, 2.05) is 0 Å². The van der Waals surface area contributed by atoms with E-state index in [0.29, 0.717) is 6.42 Å². The molecule has 0 aliphatic carbocycles. The summed E-state index contributed by atoms with van der Waals surface area (Å²) in [5.74, 6) is -1.91. The summed E-state index contributed by atoms with van der Waals surface area (Å²) < 4.78 is 18.6. The summed E-state index contributed by atoms with van der Waals surface area (Å²) in [5, 5.41) is 19.4. The van der Waals surface area contributed by atoms with E-state index in [0.717, 1.165) is 12.1 Å². The predicted molar refractivity (Wildman–Crippen MR) is 72.6 cm³/mol. The van der Waals surface area contributed by atoms with Gasteiger partial charge in [-0.2, -0.15) is 4.39 Å². The van der Waals surface area contributed by atoms with Crippen LogP contribution < -0.4 is 10.5 Å². The number of hydrogen-bond acceptors (Lipinski definition) is 5. The lowest BCUT2D eigenvalue weighted by molar-refractivity contribution is -0.387. The van der Waals surface area contributed by atoms with Gasteiger partial charge < -0.3 is 15.6 Å². The minimum absolute atomic E-state index is 0.142. The van der Waals surface area contributed by atoms with Crippen LogP contribution in [-0.2, 0) is 4.79 Å². The zero-order chi connectivity index (χ0) is 16.0. The third kappa shape index (κ3) is 4.38. The highest BCUT2D eigenvalue weighted by atomic mass is 19.1. The van der Waals surface area contributed by atoms with Crippen LogP contribution in [0.3, 0.4) is 0 Å². The van der Waals surface area contributed by atoms with E-state index in [1.165, 1.54) is 6.07 Å². The van der Waals surface area contributed by atoms with Gasteiger partial charge in [0.2, 0.25) is 5.82 Å². The van der Waals surface area contributed by atoms with E-state index in [9.17, 15) is 19.3 Å². The SMILES string of the molecule is CCC(N)(CCCOc1ccc([N+](=O)[O-])c(F)c1)C(=O)O. The van der Waals surface area contributed by atoms with E-state index in [4.69, 9.17) is 15.6 Å². The van der Waals surface area contributed by atoms with Gasteiger partial charge in [-0.1, -0.05) is 6.92 Å². The molecule has 0 fully saturated rings. The first-order valence-corrected chi connectivity index (χ1v) is 6.39. The Bertz CT molecular complexity index is 537. The van der Waals surface area contributed by atoms with Crippen molar-refractivity contribution in [2.24, 2.45) is 5.73 Å². The van der Waals surface area contributed by atoms with Gasteiger partial charge >= 0.3 is 11.7 Å². The number of carbonyl (C=O) groups is 1. The predicted octanol–water partition coefficient (Wildman–Crippen LogP) is 2.08. The van der Waals surface area contributed by atoms with E-state index < -0.39 is 27.9 Å². The fourth-order valence-corrected chi connectivity index (χ4v) is 1.74. The molecule has 1 aromatic rings. The Morgan fingerprint density at radius 2 is 2.24 bits per heavy atom. The molecule has 3 N–H and O–H groups in total. The minimum atomic E-state index is -1.30. The standard InChI is InChI=1S/C13H17FN2O5/c1-2-13(15,12(17)18)6-3-7-21-9-4-5-11(16(19)20)10(14)8-9/h4-5,8H,2-3,6-7,15H2,1H3,(H,17,18). The highest BCUT2D eigenvalue weighted by molar-refractivity contribution is 5.78. The fourth-order valence-electron chi connectivity index (χ4n) is 1.74. The number of hydrogen-bond donors (Lipinski definition) is 2. The van der Waals surface area contributed by atoms with Crippen LogP contribution in [0.1, 0.15) is 26.2 Å². The third-order valence-electron chi connectivity index (χ3n) is 3.21. The molecule has 0 radical (unpaired) electrons. The Kier molecular flexibility index (Phi) is 5.60. The number of rotatable bonds is 8. The zero-order valence-corrected chi connectivity index (χ0v) is 11.5. The zero-order valence-electron chi connectivity index (χ0n) is 11.5. The highest BCUT2D eigenvalue weighted by Gasteiger charge is 2.31. The Balaban J connectivity index is 2.52. The maximum absolute atomic E-state index is 13.3. The topological polar surface area (TPSA) is 116 Å². The Labute approximate surface area is 120 Å². The quantitative estimate of drug-likeness (QED) is 0.431. The molecule has 0 aliphatic rings. The van der Waals surface area contributed by atoms with Crippen molar-refractivity contribution in [3.05, 3.63) is 34.1 Å². The van der Waals surface area contributed by atoms with E-state index in [1.54, 1.807) is 6.92 Å². The molecule has 0 saturated heterocycles. The largest absolute Gasteiger partial charge is 0.493 e. The number of halogens is 1. The Hall–Kier alpha value is -2.22. The van der Waals surface area contributed by atoms with E-state index in [2.05, 4.69) is 0 Å². The van der Waals surface area contributed by atoms with Crippen LogP contribution in [0.4, 0.5) is 10.1 Å². The molecule has 1 atom stereocenters. The number of nitrogens with zero attached hydrogens (tertiary/aromatic N) is 1. The maximum atomic E-state index is 13.3. The first kappa shape index (κ1) is 16.8. The van der Waals surface area contributed by atoms with Crippen molar-refractivity contribution in [3.8, 4) is 5.75 Å². The lowest BCUT2D eigenvalue weighted by Gasteiger charge is -2.22. The molecule has 0 heterocycles. The normalized spacial score (nSPS) is 13.5. The van der Waals surface area contributed by atoms with Crippen molar-refractivity contribution < 1.29 is 24.0 Å². The molecule has 1 unspecified atom stereocenters. The number of benzene rings is 1. The van der Waals surface area contributed by atoms with Crippen LogP contribution in [0.2, 0.25) is 0 Å². The van der Waals surface area contributed by atoms with Gasteiger partial charge in [0.1, 0.15) is 11.3 Å². The molecule has 7 nitrogen and oxygen atoms in total. The van der Waals surface area contributed by atoms with Gasteiger partial charge in [-0.3, -0.25) is 14.9 Å². The van der Waals surface area contributed by atoms with E-state index >= 15 is 0 Å². The molecule has 0 aromatic heterocycles. The Morgan fingerprint density at radius 3 is 2.71 bits per heavy atom. The third-order valence-corrected chi connectivity index (χ3v) is 3.21.